The van der Waals surface area contributed by atoms with Gasteiger partial charge in [0.05, 0.1) is 4.90 Å². The first-order chi connectivity index (χ1) is 8.75. The van der Waals surface area contributed by atoms with Crippen LogP contribution < -0.4 is 16.2 Å². The van der Waals surface area contributed by atoms with Crippen LogP contribution in [-0.4, -0.2) is 26.7 Å². The molecule has 19 heavy (non-hydrogen) atoms. The van der Waals surface area contributed by atoms with Gasteiger partial charge in [-0.2, -0.15) is 0 Å². The summed E-state index contributed by atoms with van der Waals surface area (Å²) < 4.78 is 22.9. The summed E-state index contributed by atoms with van der Waals surface area (Å²) in [6.07, 6.45) is 0.677. The van der Waals surface area contributed by atoms with Gasteiger partial charge in [0.15, 0.2) is 0 Å². The van der Waals surface area contributed by atoms with Gasteiger partial charge in [-0.3, -0.25) is 0 Å². The van der Waals surface area contributed by atoms with Gasteiger partial charge in [-0.05, 0) is 37.0 Å². The molecule has 0 heterocycles. The number of hydrogen-bond donors (Lipinski definition) is 4. The summed E-state index contributed by atoms with van der Waals surface area (Å²) in [6.45, 7) is 4.42. The van der Waals surface area contributed by atoms with E-state index in [1.165, 1.54) is 6.07 Å². The molecule has 0 spiro atoms. The van der Waals surface area contributed by atoms with Crippen LogP contribution in [0.1, 0.15) is 18.9 Å². The largest absolute Gasteiger partial charge is 0.399 e. The molecule has 0 aromatic heterocycles. The molecule has 1 unspecified atom stereocenters. The predicted octanol–water partition coefficient (Wildman–Crippen LogP) is 0.655. The second kappa shape index (κ2) is 6.23. The number of primary sulfonamides is 1. The third kappa shape index (κ3) is 4.38. The van der Waals surface area contributed by atoms with E-state index in [4.69, 9.17) is 16.0 Å². The van der Waals surface area contributed by atoms with Gasteiger partial charge < -0.3 is 16.2 Å². The number of nitrogens with one attached hydrogen (secondary N) is 1. The minimum Gasteiger partial charge on any atom is -0.399 e. The molecule has 0 aliphatic carbocycles. The zero-order valence-electron chi connectivity index (χ0n) is 11.2. The molecule has 1 rings (SSSR count). The molecule has 0 aliphatic rings. The first-order valence-corrected chi connectivity index (χ1v) is 7.58. The van der Waals surface area contributed by atoms with Crippen molar-refractivity contribution in [2.24, 2.45) is 11.1 Å². The Morgan fingerprint density at radius 2 is 2.05 bits per heavy atom. The number of nitrogens with two attached hydrogens (primary N) is 2. The molecular formula is C12H21N3O3S. The number of aliphatic hydroxyl groups excluding tert-OH is 1. The van der Waals surface area contributed by atoms with Crippen LogP contribution in [0.25, 0.3) is 0 Å². The number of hydrogen-bond acceptors (Lipinski definition) is 5. The van der Waals surface area contributed by atoms with E-state index >= 15 is 0 Å². The summed E-state index contributed by atoms with van der Waals surface area (Å²) in [7, 11) is -3.79. The van der Waals surface area contributed by atoms with Crippen molar-refractivity contribution >= 4 is 21.4 Å². The van der Waals surface area contributed by atoms with Crippen molar-refractivity contribution in [1.29, 1.82) is 0 Å². The van der Waals surface area contributed by atoms with Crippen LogP contribution in [0.2, 0.25) is 0 Å². The van der Waals surface area contributed by atoms with E-state index in [-0.39, 0.29) is 17.4 Å². The van der Waals surface area contributed by atoms with E-state index in [1.807, 2.05) is 6.92 Å². The molecule has 0 aliphatic heterocycles. The van der Waals surface area contributed by atoms with Crippen LogP contribution in [0.4, 0.5) is 11.4 Å². The zero-order chi connectivity index (χ0) is 14.6. The Morgan fingerprint density at radius 1 is 1.42 bits per heavy atom. The van der Waals surface area contributed by atoms with E-state index < -0.39 is 10.0 Å². The highest BCUT2D eigenvalue weighted by molar-refractivity contribution is 7.89. The summed E-state index contributed by atoms with van der Waals surface area (Å²) in [5.41, 5.74) is 7.23. The maximum atomic E-state index is 11.5. The molecule has 1 aromatic carbocycles. The number of sulfonamides is 1. The average molecular weight is 287 g/mol. The fourth-order valence-corrected chi connectivity index (χ4v) is 2.63. The van der Waals surface area contributed by atoms with Gasteiger partial charge in [0, 0.05) is 24.5 Å². The van der Waals surface area contributed by atoms with Crippen molar-refractivity contribution in [1.82, 2.24) is 0 Å². The highest BCUT2D eigenvalue weighted by atomic mass is 32.2. The summed E-state index contributed by atoms with van der Waals surface area (Å²) in [5, 5.41) is 17.1. The highest BCUT2D eigenvalue weighted by Crippen LogP contribution is 2.26. The molecule has 0 radical (unpaired) electrons. The van der Waals surface area contributed by atoms with Gasteiger partial charge in [-0.15, -0.1) is 0 Å². The predicted molar refractivity (Wildman–Crippen MR) is 76.3 cm³/mol. The lowest BCUT2D eigenvalue weighted by Gasteiger charge is -2.16. The molecule has 0 bridgehead atoms. The lowest BCUT2D eigenvalue weighted by Crippen LogP contribution is -2.17. The molecule has 7 heteroatoms. The smallest absolute Gasteiger partial charge is 0.238 e. The van der Waals surface area contributed by atoms with E-state index in [1.54, 1.807) is 13.0 Å². The summed E-state index contributed by atoms with van der Waals surface area (Å²) in [4.78, 5) is 0.0322. The quantitative estimate of drug-likeness (QED) is 0.573. The standard InChI is InChI=1S/C12H21N3O3S/c1-8(3-4-16)7-15-11-5-10(13)6-12(9(11)2)19(14,17)18/h5-6,8,15-16H,3-4,7,13H2,1-2H3,(H2,14,17,18). The van der Waals surface area contributed by atoms with E-state index in [0.29, 0.717) is 29.9 Å². The van der Waals surface area contributed by atoms with Crippen molar-refractivity contribution in [3.8, 4) is 0 Å². The Hall–Kier alpha value is -1.31. The molecule has 1 atom stereocenters. The molecule has 1 aromatic rings. The first kappa shape index (κ1) is 15.7. The Balaban J connectivity index is 2.99. The highest BCUT2D eigenvalue weighted by Gasteiger charge is 2.15. The summed E-state index contributed by atoms with van der Waals surface area (Å²) in [6, 6.07) is 3.03. The van der Waals surface area contributed by atoms with Crippen molar-refractivity contribution in [3.63, 3.8) is 0 Å². The lowest BCUT2D eigenvalue weighted by atomic mass is 10.1. The van der Waals surface area contributed by atoms with Crippen LogP contribution in [0.3, 0.4) is 0 Å². The second-order valence-corrected chi connectivity index (χ2v) is 6.26. The Labute approximate surface area is 113 Å². The van der Waals surface area contributed by atoms with Gasteiger partial charge in [-0.1, -0.05) is 6.92 Å². The van der Waals surface area contributed by atoms with Gasteiger partial charge in [-0.25, -0.2) is 13.6 Å². The maximum absolute atomic E-state index is 11.5. The van der Waals surface area contributed by atoms with Crippen molar-refractivity contribution in [2.75, 3.05) is 24.2 Å². The monoisotopic (exact) mass is 287 g/mol. The Bertz CT molecular complexity index is 543. The van der Waals surface area contributed by atoms with E-state index in [9.17, 15) is 8.42 Å². The first-order valence-electron chi connectivity index (χ1n) is 6.03. The van der Waals surface area contributed by atoms with Crippen molar-refractivity contribution in [3.05, 3.63) is 17.7 Å². The van der Waals surface area contributed by atoms with Gasteiger partial charge in [0.2, 0.25) is 10.0 Å². The third-order valence-electron chi connectivity index (χ3n) is 2.95. The SMILES string of the molecule is Cc1c(NCC(C)CCO)cc(N)cc1S(N)(=O)=O. The fraction of sp³-hybridized carbons (Fsp3) is 0.500. The normalized spacial score (nSPS) is 13.3. The molecule has 6 nitrogen and oxygen atoms in total. The summed E-state index contributed by atoms with van der Waals surface area (Å²) >= 11 is 0. The van der Waals surface area contributed by atoms with Crippen LogP contribution in [0.5, 0.6) is 0 Å². The molecule has 6 N–H and O–H groups in total. The molecule has 0 saturated carbocycles. The van der Waals surface area contributed by atoms with Crippen molar-refractivity contribution < 1.29 is 13.5 Å². The Kier molecular flexibility index (Phi) is 5.16. The molecule has 0 amide bonds. The zero-order valence-corrected chi connectivity index (χ0v) is 12.0. The molecule has 0 fully saturated rings. The van der Waals surface area contributed by atoms with Crippen molar-refractivity contribution in [2.45, 2.75) is 25.2 Å². The van der Waals surface area contributed by atoms with E-state index in [2.05, 4.69) is 5.32 Å². The maximum Gasteiger partial charge on any atom is 0.238 e. The van der Waals surface area contributed by atoms with E-state index in [0.717, 1.165) is 0 Å². The minimum absolute atomic E-state index is 0.0322. The van der Waals surface area contributed by atoms with Crippen LogP contribution in [0, 0.1) is 12.8 Å². The Morgan fingerprint density at radius 3 is 2.58 bits per heavy atom. The topological polar surface area (TPSA) is 118 Å². The minimum atomic E-state index is -3.79. The molecule has 0 saturated heterocycles. The summed E-state index contributed by atoms with van der Waals surface area (Å²) in [5.74, 6) is 0.267. The molecular weight excluding hydrogens is 266 g/mol. The van der Waals surface area contributed by atoms with Gasteiger partial charge >= 0.3 is 0 Å². The third-order valence-corrected chi connectivity index (χ3v) is 3.99. The number of benzene rings is 1. The van der Waals surface area contributed by atoms with Gasteiger partial charge in [0.25, 0.3) is 0 Å². The number of rotatable bonds is 6. The van der Waals surface area contributed by atoms with Gasteiger partial charge in [0.1, 0.15) is 0 Å². The average Bonchev–Trinajstić information content (AvgIpc) is 2.28. The molecule has 108 valence electrons. The fourth-order valence-electron chi connectivity index (χ4n) is 1.79. The number of anilines is 2. The van der Waals surface area contributed by atoms with Crippen LogP contribution in [0.15, 0.2) is 17.0 Å². The number of aliphatic hydroxyl groups is 1. The van der Waals surface area contributed by atoms with Crippen LogP contribution in [-0.2, 0) is 10.0 Å². The second-order valence-electron chi connectivity index (χ2n) is 4.73. The lowest BCUT2D eigenvalue weighted by molar-refractivity contribution is 0.266. The number of nitrogen functional groups attached to an aromatic ring is 1. The van der Waals surface area contributed by atoms with Crippen LogP contribution >= 0.6 is 0 Å².